The summed E-state index contributed by atoms with van der Waals surface area (Å²) in [6, 6.07) is -1.10. The monoisotopic (exact) mass is 216 g/mol. The first-order chi connectivity index (χ1) is 7.04. The minimum absolute atomic E-state index is 0.108. The summed E-state index contributed by atoms with van der Waals surface area (Å²) in [7, 11) is 0. The number of hydrogen-bond acceptors (Lipinski definition) is 2. The molecule has 0 saturated heterocycles. The molecule has 0 aliphatic rings. The van der Waals surface area contributed by atoms with E-state index in [1.54, 1.807) is 6.92 Å². The molecule has 0 saturated carbocycles. The van der Waals surface area contributed by atoms with E-state index < -0.39 is 18.0 Å². The summed E-state index contributed by atoms with van der Waals surface area (Å²) >= 11 is 0. The van der Waals surface area contributed by atoms with E-state index in [9.17, 15) is 9.59 Å². The highest BCUT2D eigenvalue weighted by molar-refractivity contribution is 5.82. The fourth-order valence-electron chi connectivity index (χ4n) is 1.22. The predicted octanol–water partition coefficient (Wildman–Crippen LogP) is 1.34. The second-order valence-corrected chi connectivity index (χ2v) is 3.43. The van der Waals surface area contributed by atoms with Crippen LogP contribution in [0.5, 0.6) is 0 Å². The molecule has 0 bridgehead atoms. The molecule has 0 aromatic heterocycles. The normalized spacial score (nSPS) is 12.3. The fraction of sp³-hybridized carbons (Fsp3) is 0.800. The second kappa shape index (κ2) is 7.09. The summed E-state index contributed by atoms with van der Waals surface area (Å²) in [6.45, 7) is 5.67. The second-order valence-electron chi connectivity index (χ2n) is 3.43. The number of carboxylic acids is 1. The average Bonchev–Trinajstić information content (AvgIpc) is 2.22. The zero-order valence-electron chi connectivity index (χ0n) is 9.54. The maximum absolute atomic E-state index is 11.4. The predicted molar refractivity (Wildman–Crippen MR) is 57.8 cm³/mol. The van der Waals surface area contributed by atoms with E-state index in [4.69, 9.17) is 5.11 Å². The van der Waals surface area contributed by atoms with Gasteiger partial charge in [0.05, 0.1) is 0 Å². The Labute approximate surface area is 90.2 Å². The largest absolute Gasteiger partial charge is 0.480 e. The first-order valence-electron chi connectivity index (χ1n) is 5.34. The van der Waals surface area contributed by atoms with Crippen LogP contribution in [0.3, 0.4) is 0 Å². The van der Waals surface area contributed by atoms with Crippen LogP contribution in [0, 0.1) is 0 Å². The third-order valence-corrected chi connectivity index (χ3v) is 2.33. The Hall–Kier alpha value is -1.26. The van der Waals surface area contributed by atoms with E-state index in [1.807, 2.05) is 13.8 Å². The first kappa shape index (κ1) is 13.7. The Morgan fingerprint density at radius 3 is 1.93 bits per heavy atom. The van der Waals surface area contributed by atoms with E-state index >= 15 is 0 Å². The lowest BCUT2D eigenvalue weighted by atomic mass is 10.2. The molecular weight excluding hydrogens is 196 g/mol. The van der Waals surface area contributed by atoms with Crippen molar-refractivity contribution in [3.8, 4) is 0 Å². The van der Waals surface area contributed by atoms with E-state index in [2.05, 4.69) is 10.6 Å². The van der Waals surface area contributed by atoms with Gasteiger partial charge in [-0.15, -0.1) is 0 Å². The van der Waals surface area contributed by atoms with Gasteiger partial charge in [-0.2, -0.15) is 0 Å². The quantitative estimate of drug-likeness (QED) is 0.627. The lowest BCUT2D eigenvalue weighted by molar-refractivity contribution is -0.139. The molecule has 0 spiro atoms. The minimum Gasteiger partial charge on any atom is -0.480 e. The van der Waals surface area contributed by atoms with Gasteiger partial charge in [-0.1, -0.05) is 20.8 Å². The van der Waals surface area contributed by atoms with E-state index in [1.165, 1.54) is 0 Å². The van der Waals surface area contributed by atoms with Gasteiger partial charge in [-0.3, -0.25) is 0 Å². The molecule has 0 aromatic carbocycles. The molecule has 2 amide bonds. The molecular formula is C10H20N2O3. The van der Waals surface area contributed by atoms with Crippen molar-refractivity contribution < 1.29 is 14.7 Å². The summed E-state index contributed by atoms with van der Waals surface area (Å²) in [5, 5.41) is 13.9. The number of amides is 2. The molecule has 88 valence electrons. The van der Waals surface area contributed by atoms with Crippen LogP contribution in [-0.4, -0.2) is 29.2 Å². The summed E-state index contributed by atoms with van der Waals surface area (Å²) in [5.41, 5.74) is 0. The highest BCUT2D eigenvalue weighted by Gasteiger charge is 2.18. The number of aliphatic carboxylic acids is 1. The van der Waals surface area contributed by atoms with Gasteiger partial charge in [0, 0.05) is 6.04 Å². The van der Waals surface area contributed by atoms with Gasteiger partial charge in [0.15, 0.2) is 0 Å². The summed E-state index contributed by atoms with van der Waals surface area (Å²) in [5.74, 6) is -1.00. The Bertz CT molecular complexity index is 215. The van der Waals surface area contributed by atoms with Crippen molar-refractivity contribution in [3.63, 3.8) is 0 Å². The Balaban J connectivity index is 4.06. The van der Waals surface area contributed by atoms with Gasteiger partial charge >= 0.3 is 12.0 Å². The number of carbonyl (C=O) groups is 2. The molecule has 15 heavy (non-hydrogen) atoms. The molecule has 0 rings (SSSR count). The average molecular weight is 216 g/mol. The highest BCUT2D eigenvalue weighted by atomic mass is 16.4. The number of carboxylic acid groups (broad SMARTS) is 1. The Kier molecular flexibility index (Phi) is 6.49. The lowest BCUT2D eigenvalue weighted by Crippen LogP contribution is -2.48. The maximum Gasteiger partial charge on any atom is 0.326 e. The van der Waals surface area contributed by atoms with Crippen molar-refractivity contribution in [2.75, 3.05) is 0 Å². The molecule has 0 aliphatic carbocycles. The molecule has 0 unspecified atom stereocenters. The Morgan fingerprint density at radius 1 is 1.07 bits per heavy atom. The zero-order chi connectivity index (χ0) is 11.8. The van der Waals surface area contributed by atoms with Crippen LogP contribution in [0.4, 0.5) is 4.79 Å². The molecule has 5 heteroatoms. The van der Waals surface area contributed by atoms with Crippen LogP contribution >= 0.6 is 0 Å². The molecule has 3 N–H and O–H groups in total. The summed E-state index contributed by atoms with van der Waals surface area (Å²) < 4.78 is 0. The number of urea groups is 1. The Morgan fingerprint density at radius 2 is 1.60 bits per heavy atom. The molecule has 0 aliphatic heterocycles. The maximum atomic E-state index is 11.4. The third kappa shape index (κ3) is 5.24. The van der Waals surface area contributed by atoms with Crippen molar-refractivity contribution in [2.45, 2.75) is 52.1 Å². The third-order valence-electron chi connectivity index (χ3n) is 2.33. The number of carbonyl (C=O) groups excluding carboxylic acids is 1. The summed E-state index contributed by atoms with van der Waals surface area (Å²) in [6.07, 6.45) is 2.06. The smallest absolute Gasteiger partial charge is 0.326 e. The van der Waals surface area contributed by atoms with Crippen LogP contribution < -0.4 is 10.6 Å². The molecule has 0 fully saturated rings. The molecule has 0 radical (unpaired) electrons. The van der Waals surface area contributed by atoms with Crippen molar-refractivity contribution in [2.24, 2.45) is 0 Å². The van der Waals surface area contributed by atoms with Crippen molar-refractivity contribution in [3.05, 3.63) is 0 Å². The van der Waals surface area contributed by atoms with Gasteiger partial charge in [-0.05, 0) is 19.3 Å². The first-order valence-corrected chi connectivity index (χ1v) is 5.34. The van der Waals surface area contributed by atoms with Crippen LogP contribution in [-0.2, 0) is 4.79 Å². The standard InChI is InChI=1S/C10H20N2O3/c1-4-7(5-2)11-10(15)12-8(6-3)9(13)14/h7-8H,4-6H2,1-3H3,(H,13,14)(H2,11,12,15)/t8-/m1/s1. The number of hydrogen-bond donors (Lipinski definition) is 3. The topological polar surface area (TPSA) is 78.4 Å². The van der Waals surface area contributed by atoms with Gasteiger partial charge in [0.1, 0.15) is 6.04 Å². The van der Waals surface area contributed by atoms with Crippen molar-refractivity contribution in [1.29, 1.82) is 0 Å². The molecule has 5 nitrogen and oxygen atoms in total. The van der Waals surface area contributed by atoms with Gasteiger partial charge < -0.3 is 15.7 Å². The van der Waals surface area contributed by atoms with Crippen LogP contribution in [0.1, 0.15) is 40.0 Å². The highest BCUT2D eigenvalue weighted by Crippen LogP contribution is 1.96. The van der Waals surface area contributed by atoms with Crippen LogP contribution in [0.25, 0.3) is 0 Å². The van der Waals surface area contributed by atoms with E-state index in [0.717, 1.165) is 12.8 Å². The lowest BCUT2D eigenvalue weighted by Gasteiger charge is -2.18. The number of rotatable bonds is 6. The minimum atomic E-state index is -1.00. The summed E-state index contributed by atoms with van der Waals surface area (Å²) in [4.78, 5) is 22.0. The zero-order valence-corrected chi connectivity index (χ0v) is 9.54. The fourth-order valence-corrected chi connectivity index (χ4v) is 1.22. The van der Waals surface area contributed by atoms with E-state index in [-0.39, 0.29) is 6.04 Å². The van der Waals surface area contributed by atoms with Crippen molar-refractivity contribution in [1.82, 2.24) is 10.6 Å². The molecule has 0 aromatic rings. The van der Waals surface area contributed by atoms with Gasteiger partial charge in [0.2, 0.25) is 0 Å². The van der Waals surface area contributed by atoms with Gasteiger partial charge in [0.25, 0.3) is 0 Å². The van der Waals surface area contributed by atoms with Crippen LogP contribution in [0.15, 0.2) is 0 Å². The van der Waals surface area contributed by atoms with Crippen LogP contribution in [0.2, 0.25) is 0 Å². The molecule has 0 heterocycles. The van der Waals surface area contributed by atoms with Gasteiger partial charge in [-0.25, -0.2) is 9.59 Å². The van der Waals surface area contributed by atoms with E-state index in [0.29, 0.717) is 6.42 Å². The SMILES string of the molecule is CCC(CC)NC(=O)N[C@H](CC)C(=O)O. The van der Waals surface area contributed by atoms with Crippen molar-refractivity contribution >= 4 is 12.0 Å². The number of nitrogens with one attached hydrogen (secondary N) is 2. The molecule has 1 atom stereocenters.